The van der Waals surface area contributed by atoms with Gasteiger partial charge < -0.3 is 4.42 Å². The van der Waals surface area contributed by atoms with Gasteiger partial charge in [-0.1, -0.05) is 29.8 Å². The molecule has 0 aliphatic heterocycles. The van der Waals surface area contributed by atoms with Crippen molar-refractivity contribution in [3.05, 3.63) is 93.5 Å². The van der Waals surface area contributed by atoms with Gasteiger partial charge in [0, 0.05) is 28.9 Å². The number of allylic oxidation sites excluding steroid dienone is 1. The van der Waals surface area contributed by atoms with Gasteiger partial charge in [-0.3, -0.25) is 15.1 Å². The fraction of sp³-hybridized carbons (Fsp3) is 0. The maximum absolute atomic E-state index is 10.8. The van der Waals surface area contributed by atoms with E-state index in [2.05, 4.69) is 9.98 Å². The number of nitro benzene ring substituents is 1. The van der Waals surface area contributed by atoms with Gasteiger partial charge in [0.1, 0.15) is 5.52 Å². The maximum Gasteiger partial charge on any atom is 0.270 e. The molecule has 3 aromatic carbocycles. The van der Waals surface area contributed by atoms with Crippen LogP contribution < -0.4 is 0 Å². The summed E-state index contributed by atoms with van der Waals surface area (Å²) in [7, 11) is 0. The second-order valence-electron chi connectivity index (χ2n) is 6.17. The lowest BCUT2D eigenvalue weighted by Gasteiger charge is -1.94. The Balaban J connectivity index is 1.51. The molecule has 0 N–H and O–H groups in total. The van der Waals surface area contributed by atoms with Crippen LogP contribution in [0.25, 0.3) is 28.6 Å². The van der Waals surface area contributed by atoms with Crippen LogP contribution in [0.15, 0.2) is 82.2 Å². The van der Waals surface area contributed by atoms with E-state index in [1.807, 2.05) is 30.3 Å². The number of aliphatic imine (C=N–C) groups is 1. The summed E-state index contributed by atoms with van der Waals surface area (Å²) in [6.45, 7) is 0. The average Bonchev–Trinajstić information content (AvgIpc) is 3.15. The van der Waals surface area contributed by atoms with E-state index in [1.165, 1.54) is 12.1 Å². The van der Waals surface area contributed by atoms with Gasteiger partial charge >= 0.3 is 0 Å². The zero-order valence-electron chi connectivity index (χ0n) is 15.0. The molecule has 0 spiro atoms. The number of fused-ring (bicyclic) bond motifs is 1. The number of nitrogens with zero attached hydrogens (tertiary/aromatic N) is 3. The average molecular weight is 404 g/mol. The van der Waals surface area contributed by atoms with Crippen LogP contribution in [0.4, 0.5) is 11.4 Å². The molecule has 0 aliphatic rings. The van der Waals surface area contributed by atoms with Gasteiger partial charge in [0.05, 0.1) is 10.6 Å². The van der Waals surface area contributed by atoms with Gasteiger partial charge in [0.2, 0.25) is 5.89 Å². The molecule has 0 aliphatic carbocycles. The summed E-state index contributed by atoms with van der Waals surface area (Å²) in [6, 6.07) is 19.1. The van der Waals surface area contributed by atoms with Crippen LogP contribution in [0, 0.1) is 10.1 Å². The van der Waals surface area contributed by atoms with Crippen LogP contribution >= 0.6 is 11.6 Å². The first-order valence-corrected chi connectivity index (χ1v) is 9.08. The third kappa shape index (κ3) is 4.39. The van der Waals surface area contributed by atoms with Crippen molar-refractivity contribution in [2.24, 2.45) is 4.99 Å². The number of non-ortho nitro benzene ring substituents is 1. The summed E-state index contributed by atoms with van der Waals surface area (Å²) in [5.41, 5.74) is 3.71. The summed E-state index contributed by atoms with van der Waals surface area (Å²) in [4.78, 5) is 19.3. The van der Waals surface area contributed by atoms with Crippen molar-refractivity contribution in [1.29, 1.82) is 0 Å². The SMILES string of the molecule is O=[N+]([O-])c1cccc(/C=C\C=Nc2ccc3oc(-c4ccc(Cl)cc4)nc3c2)c1. The number of hydrogen-bond donors (Lipinski definition) is 0. The molecule has 142 valence electrons. The van der Waals surface area contributed by atoms with Crippen molar-refractivity contribution in [3.8, 4) is 11.5 Å². The van der Waals surface area contributed by atoms with E-state index in [9.17, 15) is 10.1 Å². The van der Waals surface area contributed by atoms with Crippen molar-refractivity contribution in [1.82, 2.24) is 4.98 Å². The van der Waals surface area contributed by atoms with Crippen LogP contribution in [-0.2, 0) is 0 Å². The number of hydrogen-bond acceptors (Lipinski definition) is 5. The van der Waals surface area contributed by atoms with E-state index in [0.717, 1.165) is 16.8 Å². The molecule has 4 rings (SSSR count). The molecule has 0 unspecified atom stereocenters. The number of rotatable bonds is 5. The monoisotopic (exact) mass is 403 g/mol. The van der Waals surface area contributed by atoms with E-state index in [0.29, 0.717) is 22.0 Å². The molecule has 1 aromatic heterocycles. The highest BCUT2D eigenvalue weighted by Crippen LogP contribution is 2.27. The minimum absolute atomic E-state index is 0.0528. The Morgan fingerprint density at radius 2 is 1.90 bits per heavy atom. The summed E-state index contributed by atoms with van der Waals surface area (Å²) in [5, 5.41) is 11.5. The molecular weight excluding hydrogens is 390 g/mol. The number of nitro groups is 1. The van der Waals surface area contributed by atoms with E-state index in [4.69, 9.17) is 16.0 Å². The lowest BCUT2D eigenvalue weighted by molar-refractivity contribution is -0.384. The standard InChI is InChI=1S/C22H14ClN3O3/c23-17-8-6-16(7-9-17)22-25-20-14-18(10-11-21(20)29-22)24-12-2-4-15-3-1-5-19(13-15)26(27)28/h1-14H/b4-2-,24-12?. The Kier molecular flexibility index (Phi) is 5.18. The molecule has 0 saturated carbocycles. The molecule has 0 radical (unpaired) electrons. The fourth-order valence-electron chi connectivity index (χ4n) is 2.74. The number of halogens is 1. The lowest BCUT2D eigenvalue weighted by atomic mass is 10.2. The zero-order valence-corrected chi connectivity index (χ0v) is 15.8. The van der Waals surface area contributed by atoms with Crippen LogP contribution in [-0.4, -0.2) is 16.1 Å². The van der Waals surface area contributed by atoms with Crippen molar-refractivity contribution in [3.63, 3.8) is 0 Å². The highest BCUT2D eigenvalue weighted by molar-refractivity contribution is 6.30. The van der Waals surface area contributed by atoms with Gasteiger partial charge in [-0.15, -0.1) is 0 Å². The van der Waals surface area contributed by atoms with E-state index in [1.54, 1.807) is 42.6 Å². The summed E-state index contributed by atoms with van der Waals surface area (Å²) < 4.78 is 5.79. The Bertz CT molecular complexity index is 1240. The van der Waals surface area contributed by atoms with E-state index in [-0.39, 0.29) is 5.69 Å². The quantitative estimate of drug-likeness (QED) is 0.217. The second-order valence-corrected chi connectivity index (χ2v) is 6.60. The predicted octanol–water partition coefficient (Wildman–Crippen LogP) is 6.47. The molecule has 0 saturated heterocycles. The van der Waals surface area contributed by atoms with Crippen molar-refractivity contribution in [2.45, 2.75) is 0 Å². The molecule has 0 fully saturated rings. The first-order chi connectivity index (χ1) is 14.1. The van der Waals surface area contributed by atoms with E-state index >= 15 is 0 Å². The Labute approximate surface area is 170 Å². The largest absolute Gasteiger partial charge is 0.436 e. The van der Waals surface area contributed by atoms with Crippen LogP contribution in [0.1, 0.15) is 5.56 Å². The van der Waals surface area contributed by atoms with Crippen LogP contribution in [0.3, 0.4) is 0 Å². The van der Waals surface area contributed by atoms with Crippen molar-refractivity contribution >= 4 is 46.4 Å². The molecular formula is C22H14ClN3O3. The smallest absolute Gasteiger partial charge is 0.270 e. The van der Waals surface area contributed by atoms with E-state index < -0.39 is 4.92 Å². The molecule has 0 atom stereocenters. The molecule has 6 nitrogen and oxygen atoms in total. The van der Waals surface area contributed by atoms with Gasteiger partial charge in [-0.25, -0.2) is 4.98 Å². The van der Waals surface area contributed by atoms with Crippen molar-refractivity contribution < 1.29 is 9.34 Å². The number of oxazole rings is 1. The first-order valence-electron chi connectivity index (χ1n) is 8.70. The van der Waals surface area contributed by atoms with Crippen LogP contribution in [0.5, 0.6) is 0 Å². The molecule has 7 heteroatoms. The second kappa shape index (κ2) is 8.08. The normalized spacial score (nSPS) is 11.6. The topological polar surface area (TPSA) is 81.5 Å². The van der Waals surface area contributed by atoms with Gasteiger partial charge in [0.15, 0.2) is 5.58 Å². The number of benzene rings is 3. The fourth-order valence-corrected chi connectivity index (χ4v) is 2.86. The third-order valence-corrected chi connectivity index (χ3v) is 4.39. The first kappa shape index (κ1) is 18.6. The van der Waals surface area contributed by atoms with Gasteiger partial charge in [-0.2, -0.15) is 0 Å². The third-order valence-electron chi connectivity index (χ3n) is 4.14. The highest BCUT2D eigenvalue weighted by Gasteiger charge is 2.08. The van der Waals surface area contributed by atoms with Crippen molar-refractivity contribution in [2.75, 3.05) is 0 Å². The Morgan fingerprint density at radius 3 is 2.69 bits per heavy atom. The van der Waals surface area contributed by atoms with Gasteiger partial charge in [0.25, 0.3) is 5.69 Å². The maximum atomic E-state index is 10.8. The number of aromatic nitrogens is 1. The summed E-state index contributed by atoms with van der Waals surface area (Å²) in [5.74, 6) is 0.517. The minimum Gasteiger partial charge on any atom is -0.436 e. The molecule has 0 bridgehead atoms. The molecule has 4 aromatic rings. The van der Waals surface area contributed by atoms with Gasteiger partial charge in [-0.05, 0) is 54.1 Å². The lowest BCUT2D eigenvalue weighted by Crippen LogP contribution is -1.87. The minimum atomic E-state index is -0.420. The highest BCUT2D eigenvalue weighted by atomic mass is 35.5. The molecule has 1 heterocycles. The molecule has 29 heavy (non-hydrogen) atoms. The zero-order chi connectivity index (χ0) is 20.2. The summed E-state index contributed by atoms with van der Waals surface area (Å²) >= 11 is 5.92. The predicted molar refractivity (Wildman–Crippen MR) is 115 cm³/mol. The Hall–Kier alpha value is -3.77. The Morgan fingerprint density at radius 1 is 1.07 bits per heavy atom. The van der Waals surface area contributed by atoms with Crippen LogP contribution in [0.2, 0.25) is 5.02 Å². The summed E-state index contributed by atoms with van der Waals surface area (Å²) in [6.07, 6.45) is 5.11. The molecule has 0 amide bonds.